The summed E-state index contributed by atoms with van der Waals surface area (Å²) in [5, 5.41) is 20.2. The highest BCUT2D eigenvalue weighted by Crippen LogP contribution is 2.29. The summed E-state index contributed by atoms with van der Waals surface area (Å²) in [6, 6.07) is 6.60. The van der Waals surface area contributed by atoms with E-state index in [1.807, 2.05) is 0 Å². The van der Waals surface area contributed by atoms with E-state index in [-0.39, 0.29) is 6.42 Å². The maximum absolute atomic E-state index is 12.8. The Labute approximate surface area is 187 Å². The zero-order chi connectivity index (χ0) is 23.3. The molecule has 1 amide bonds. The molecular weight excluding hydrogens is 414 g/mol. The molecule has 1 fully saturated rings. The first-order chi connectivity index (χ1) is 15.3. The molecule has 1 saturated carbocycles. The second kappa shape index (κ2) is 13.3. The molecule has 0 radical (unpaired) electrons. The molecule has 3 N–H and O–H groups in total. The summed E-state index contributed by atoms with van der Waals surface area (Å²) in [5.74, 6) is -2.45. The van der Waals surface area contributed by atoms with Gasteiger partial charge in [-0.15, -0.1) is 0 Å². The lowest BCUT2D eigenvalue weighted by molar-refractivity contribution is -0.157. The van der Waals surface area contributed by atoms with Gasteiger partial charge in [-0.05, 0) is 43.2 Å². The third kappa shape index (κ3) is 9.32. The lowest BCUT2D eigenvalue weighted by atomic mass is 10.0. The summed E-state index contributed by atoms with van der Waals surface area (Å²) in [6.45, 7) is 0.356. The fourth-order valence-corrected chi connectivity index (χ4v) is 3.73. The van der Waals surface area contributed by atoms with Crippen molar-refractivity contribution in [2.24, 2.45) is 5.92 Å². The van der Waals surface area contributed by atoms with Crippen LogP contribution in [0, 0.1) is 5.92 Å². The van der Waals surface area contributed by atoms with E-state index in [0.717, 1.165) is 31.8 Å². The molecule has 32 heavy (non-hydrogen) atoms. The monoisotopic (exact) mass is 445 g/mol. The van der Waals surface area contributed by atoms with Crippen LogP contribution in [0.2, 0.25) is 0 Å². The smallest absolute Gasteiger partial charge is 0.328 e. The van der Waals surface area contributed by atoms with Gasteiger partial charge in [-0.3, -0.25) is 14.4 Å². The van der Waals surface area contributed by atoms with Crippen molar-refractivity contribution in [3.63, 3.8) is 0 Å². The third-order valence-corrected chi connectivity index (χ3v) is 5.44. The second-order valence-corrected chi connectivity index (χ2v) is 8.06. The molecule has 1 unspecified atom stereocenters. The number of aliphatic carboxylic acids is 2. The van der Waals surface area contributed by atoms with Gasteiger partial charge in [-0.2, -0.15) is 0 Å². The van der Waals surface area contributed by atoms with Crippen molar-refractivity contribution in [2.45, 2.75) is 63.9 Å². The number of ether oxygens (including phenoxy) is 1. The van der Waals surface area contributed by atoms with E-state index in [4.69, 9.17) is 14.9 Å². The summed E-state index contributed by atoms with van der Waals surface area (Å²) < 4.78 is 5.57. The first-order valence-electron chi connectivity index (χ1n) is 11.0. The number of carbonyl (C=O) groups excluding carboxylic acids is 2. The standard InChI is InChI=1S/C24H31NO7/c26-20(27)8-2-1-5-15-25-24(31)23(32-22(30)16-18-6-3-4-7-18)19-12-9-17(10-13-19)11-14-21(28)29/h9-14,18,23H,1-8,15-16H2,(H,25,31)(H,26,27)(H,28,29)/b14-11+. The minimum absolute atomic E-state index is 0.0953. The predicted octanol–water partition coefficient (Wildman–Crippen LogP) is 3.71. The van der Waals surface area contributed by atoms with E-state index in [1.54, 1.807) is 24.3 Å². The second-order valence-electron chi connectivity index (χ2n) is 8.06. The van der Waals surface area contributed by atoms with Crippen LogP contribution in [0.1, 0.15) is 75.0 Å². The Bertz CT molecular complexity index is 810. The number of rotatable bonds is 13. The number of benzene rings is 1. The number of carboxylic acids is 2. The molecule has 0 aliphatic heterocycles. The van der Waals surface area contributed by atoms with Gasteiger partial charge in [0.25, 0.3) is 5.91 Å². The van der Waals surface area contributed by atoms with Gasteiger partial charge in [0.2, 0.25) is 6.10 Å². The van der Waals surface area contributed by atoms with E-state index in [0.29, 0.717) is 49.3 Å². The molecule has 1 aliphatic rings. The molecular formula is C24H31NO7. The molecule has 0 heterocycles. The average molecular weight is 446 g/mol. The summed E-state index contributed by atoms with van der Waals surface area (Å²) in [6.07, 6.45) is 7.77. The van der Waals surface area contributed by atoms with Crippen LogP contribution in [0.25, 0.3) is 6.08 Å². The number of unbranched alkanes of at least 4 members (excludes halogenated alkanes) is 2. The number of hydrogen-bond donors (Lipinski definition) is 3. The highest BCUT2D eigenvalue weighted by molar-refractivity contribution is 5.86. The van der Waals surface area contributed by atoms with Crippen LogP contribution < -0.4 is 5.32 Å². The Hall–Kier alpha value is -3.16. The van der Waals surface area contributed by atoms with Gasteiger partial charge < -0.3 is 20.3 Å². The van der Waals surface area contributed by atoms with Crippen LogP contribution in [-0.2, 0) is 23.9 Å². The first-order valence-corrected chi connectivity index (χ1v) is 11.0. The SMILES string of the molecule is O=C(O)/C=C/c1ccc(C(OC(=O)CC2CCCC2)C(=O)NCCCCCC(=O)O)cc1. The van der Waals surface area contributed by atoms with E-state index in [1.165, 1.54) is 6.08 Å². The molecule has 0 bridgehead atoms. The average Bonchev–Trinajstić information content (AvgIpc) is 3.26. The topological polar surface area (TPSA) is 130 Å². The Kier molecular flexibility index (Phi) is 10.4. The molecule has 8 nitrogen and oxygen atoms in total. The van der Waals surface area contributed by atoms with Gasteiger partial charge in [0, 0.05) is 31.0 Å². The number of esters is 1. The normalized spacial score (nSPS) is 14.9. The molecule has 0 spiro atoms. The molecule has 174 valence electrons. The van der Waals surface area contributed by atoms with Crippen molar-refractivity contribution in [3.05, 3.63) is 41.5 Å². The van der Waals surface area contributed by atoms with E-state index in [9.17, 15) is 19.2 Å². The molecule has 1 aromatic carbocycles. The molecule has 0 aromatic heterocycles. The Balaban J connectivity index is 1.99. The van der Waals surface area contributed by atoms with Gasteiger partial charge in [0.05, 0.1) is 0 Å². The van der Waals surface area contributed by atoms with Crippen molar-refractivity contribution in [3.8, 4) is 0 Å². The number of amides is 1. The minimum Gasteiger partial charge on any atom is -0.481 e. The van der Waals surface area contributed by atoms with Crippen LogP contribution in [-0.4, -0.2) is 40.6 Å². The molecule has 1 aliphatic carbocycles. The van der Waals surface area contributed by atoms with Crippen LogP contribution in [0.15, 0.2) is 30.3 Å². The van der Waals surface area contributed by atoms with E-state index >= 15 is 0 Å². The summed E-state index contributed by atoms with van der Waals surface area (Å²) >= 11 is 0. The number of carboxylic acid groups (broad SMARTS) is 2. The molecule has 1 aromatic rings. The van der Waals surface area contributed by atoms with E-state index < -0.39 is 29.9 Å². The largest absolute Gasteiger partial charge is 0.481 e. The number of hydrogen-bond acceptors (Lipinski definition) is 5. The van der Waals surface area contributed by atoms with Gasteiger partial charge in [-0.25, -0.2) is 4.79 Å². The summed E-state index contributed by atoms with van der Waals surface area (Å²) in [4.78, 5) is 46.5. The minimum atomic E-state index is -1.10. The van der Waals surface area contributed by atoms with Gasteiger partial charge in [0.1, 0.15) is 0 Å². The predicted molar refractivity (Wildman–Crippen MR) is 118 cm³/mol. The third-order valence-electron chi connectivity index (χ3n) is 5.44. The molecule has 8 heteroatoms. The summed E-state index contributed by atoms with van der Waals surface area (Å²) in [5.41, 5.74) is 1.15. The lowest BCUT2D eigenvalue weighted by Gasteiger charge is -2.19. The fourth-order valence-electron chi connectivity index (χ4n) is 3.73. The van der Waals surface area contributed by atoms with Gasteiger partial charge >= 0.3 is 17.9 Å². The quantitative estimate of drug-likeness (QED) is 0.240. The van der Waals surface area contributed by atoms with Crippen molar-refractivity contribution in [1.29, 1.82) is 0 Å². The fraction of sp³-hybridized carbons (Fsp3) is 0.500. The van der Waals surface area contributed by atoms with Crippen LogP contribution in [0.3, 0.4) is 0 Å². The zero-order valence-electron chi connectivity index (χ0n) is 18.1. The van der Waals surface area contributed by atoms with Crippen molar-refractivity contribution in [1.82, 2.24) is 5.32 Å². The Morgan fingerprint density at radius 3 is 2.34 bits per heavy atom. The van der Waals surface area contributed by atoms with Crippen molar-refractivity contribution in [2.75, 3.05) is 6.54 Å². The van der Waals surface area contributed by atoms with Crippen LogP contribution in [0.5, 0.6) is 0 Å². The van der Waals surface area contributed by atoms with Gasteiger partial charge in [-0.1, -0.05) is 43.5 Å². The maximum Gasteiger partial charge on any atom is 0.328 e. The summed E-state index contributed by atoms with van der Waals surface area (Å²) in [7, 11) is 0. The maximum atomic E-state index is 12.8. The highest BCUT2D eigenvalue weighted by Gasteiger charge is 2.27. The van der Waals surface area contributed by atoms with Crippen molar-refractivity contribution >= 4 is 29.9 Å². The number of carbonyl (C=O) groups is 4. The van der Waals surface area contributed by atoms with Crippen molar-refractivity contribution < 1.29 is 34.1 Å². The van der Waals surface area contributed by atoms with Gasteiger partial charge in [0.15, 0.2) is 0 Å². The zero-order valence-corrected chi connectivity index (χ0v) is 18.1. The first kappa shape index (κ1) is 25.1. The lowest BCUT2D eigenvalue weighted by Crippen LogP contribution is -2.33. The van der Waals surface area contributed by atoms with E-state index in [2.05, 4.69) is 5.32 Å². The highest BCUT2D eigenvalue weighted by atomic mass is 16.5. The molecule has 2 rings (SSSR count). The Morgan fingerprint density at radius 1 is 1.03 bits per heavy atom. The Morgan fingerprint density at radius 2 is 1.72 bits per heavy atom. The molecule has 1 atom stereocenters. The molecule has 0 saturated heterocycles. The van der Waals surface area contributed by atoms with Crippen LogP contribution in [0.4, 0.5) is 0 Å². The number of nitrogens with one attached hydrogen (secondary N) is 1. The van der Waals surface area contributed by atoms with Crippen LogP contribution >= 0.6 is 0 Å².